The van der Waals surface area contributed by atoms with Crippen molar-refractivity contribution in [2.24, 2.45) is 0 Å². The molecule has 0 heterocycles. The quantitative estimate of drug-likeness (QED) is 0.792. The lowest BCUT2D eigenvalue weighted by atomic mass is 10.1. The first kappa shape index (κ1) is 17.4. The number of hydrogen-bond acceptors (Lipinski definition) is 3. The van der Waals surface area contributed by atoms with Crippen molar-refractivity contribution in [3.63, 3.8) is 0 Å². The number of rotatable bonds is 7. The van der Waals surface area contributed by atoms with Gasteiger partial charge < -0.3 is 4.74 Å². The van der Waals surface area contributed by atoms with Gasteiger partial charge in [0.25, 0.3) is 0 Å². The van der Waals surface area contributed by atoms with E-state index < -0.39 is 11.0 Å². The fraction of sp³-hybridized carbons (Fsp3) is 0.278. The maximum Gasteiger partial charge on any atom is 0.307 e. The standard InChI is InChI=1S/C18H21NO3S/c1-3-22-18(20)13-17(15-7-5-4-6-8-15)19-23(21)16-11-9-14(2)10-12-16/h4-12,17,19H,3,13H2,1-2H3/t17-,23?/m0/s1. The Kier molecular flexibility index (Phi) is 6.50. The van der Waals surface area contributed by atoms with Gasteiger partial charge in [-0.3, -0.25) is 4.79 Å². The molecule has 2 aromatic rings. The third kappa shape index (κ3) is 5.30. The topological polar surface area (TPSA) is 55.4 Å². The van der Waals surface area contributed by atoms with Gasteiger partial charge in [-0.25, -0.2) is 8.93 Å². The van der Waals surface area contributed by atoms with Crippen LogP contribution in [0.5, 0.6) is 0 Å². The van der Waals surface area contributed by atoms with Gasteiger partial charge >= 0.3 is 5.97 Å². The summed E-state index contributed by atoms with van der Waals surface area (Å²) in [5, 5.41) is 0. The van der Waals surface area contributed by atoms with E-state index >= 15 is 0 Å². The predicted molar refractivity (Wildman–Crippen MR) is 91.2 cm³/mol. The van der Waals surface area contributed by atoms with E-state index in [1.165, 1.54) is 0 Å². The average Bonchev–Trinajstić information content (AvgIpc) is 2.56. The van der Waals surface area contributed by atoms with E-state index in [-0.39, 0.29) is 18.4 Å². The molecule has 0 aromatic heterocycles. The molecule has 0 fully saturated rings. The summed E-state index contributed by atoms with van der Waals surface area (Å²) in [7, 11) is -1.40. The fourth-order valence-corrected chi connectivity index (χ4v) is 3.16. The van der Waals surface area contributed by atoms with Crippen LogP contribution in [0, 0.1) is 6.92 Å². The third-order valence-electron chi connectivity index (χ3n) is 3.36. The summed E-state index contributed by atoms with van der Waals surface area (Å²) in [6.07, 6.45) is 0.134. The molecule has 0 bridgehead atoms. The normalized spacial score (nSPS) is 13.3. The summed E-state index contributed by atoms with van der Waals surface area (Å²) in [5.74, 6) is -0.310. The highest BCUT2D eigenvalue weighted by atomic mass is 32.2. The molecule has 0 saturated carbocycles. The van der Waals surface area contributed by atoms with Gasteiger partial charge in [-0.2, -0.15) is 0 Å². The first-order valence-corrected chi connectivity index (χ1v) is 8.70. The molecule has 122 valence electrons. The molecule has 2 aromatic carbocycles. The largest absolute Gasteiger partial charge is 0.466 e. The van der Waals surface area contributed by atoms with Crippen LogP contribution in [0.2, 0.25) is 0 Å². The van der Waals surface area contributed by atoms with Crippen LogP contribution in [0.25, 0.3) is 0 Å². The summed E-state index contributed by atoms with van der Waals surface area (Å²) in [6, 6.07) is 16.6. The molecule has 4 nitrogen and oxygen atoms in total. The second kappa shape index (κ2) is 8.60. The van der Waals surface area contributed by atoms with Crippen LogP contribution in [0.1, 0.15) is 30.5 Å². The molecule has 0 spiro atoms. The molecule has 23 heavy (non-hydrogen) atoms. The van der Waals surface area contributed by atoms with Crippen LogP contribution in [-0.2, 0) is 20.5 Å². The number of carbonyl (C=O) groups is 1. The molecule has 5 heteroatoms. The van der Waals surface area contributed by atoms with Gasteiger partial charge in [-0.05, 0) is 31.5 Å². The summed E-state index contributed by atoms with van der Waals surface area (Å²) < 4.78 is 20.6. The smallest absolute Gasteiger partial charge is 0.307 e. The lowest BCUT2D eigenvalue weighted by Crippen LogP contribution is -2.26. The zero-order chi connectivity index (χ0) is 16.7. The Hall–Kier alpha value is -1.98. The summed E-state index contributed by atoms with van der Waals surface area (Å²) in [5.41, 5.74) is 2.01. The van der Waals surface area contributed by atoms with Crippen LogP contribution in [-0.4, -0.2) is 16.8 Å². The minimum absolute atomic E-state index is 0.134. The molecule has 0 aliphatic carbocycles. The number of benzene rings is 2. The highest BCUT2D eigenvalue weighted by Gasteiger charge is 2.19. The lowest BCUT2D eigenvalue weighted by Gasteiger charge is -2.18. The first-order valence-electron chi connectivity index (χ1n) is 7.55. The van der Waals surface area contributed by atoms with Gasteiger partial charge in [-0.1, -0.05) is 48.0 Å². The van der Waals surface area contributed by atoms with Gasteiger partial charge in [0.15, 0.2) is 0 Å². The van der Waals surface area contributed by atoms with Crippen LogP contribution in [0.4, 0.5) is 0 Å². The van der Waals surface area contributed by atoms with Gasteiger partial charge in [0, 0.05) is 0 Å². The fourth-order valence-electron chi connectivity index (χ4n) is 2.16. The maximum absolute atomic E-state index is 12.5. The van der Waals surface area contributed by atoms with Crippen molar-refractivity contribution >= 4 is 17.0 Å². The Bertz CT molecular complexity index is 656. The molecule has 0 aliphatic rings. The van der Waals surface area contributed by atoms with E-state index in [1.54, 1.807) is 6.92 Å². The number of hydrogen-bond donors (Lipinski definition) is 1. The van der Waals surface area contributed by atoms with Crippen molar-refractivity contribution in [2.75, 3.05) is 6.61 Å². The van der Waals surface area contributed by atoms with E-state index in [0.717, 1.165) is 11.1 Å². The number of aryl methyl sites for hydroxylation is 1. The van der Waals surface area contributed by atoms with Gasteiger partial charge in [0.2, 0.25) is 0 Å². The number of nitrogens with one attached hydrogen (secondary N) is 1. The minimum atomic E-state index is -1.40. The Morgan fingerprint density at radius 2 is 1.78 bits per heavy atom. The molecule has 0 aliphatic heterocycles. The summed E-state index contributed by atoms with van der Waals surface area (Å²) >= 11 is 0. The van der Waals surface area contributed by atoms with Crippen molar-refractivity contribution in [1.29, 1.82) is 0 Å². The van der Waals surface area contributed by atoms with Crippen LogP contribution < -0.4 is 4.72 Å². The number of carbonyl (C=O) groups excluding carboxylic acids is 1. The summed E-state index contributed by atoms with van der Waals surface area (Å²) in [4.78, 5) is 12.5. The molecule has 0 saturated heterocycles. The predicted octanol–water partition coefficient (Wildman–Crippen LogP) is 3.30. The third-order valence-corrected chi connectivity index (χ3v) is 4.56. The molecule has 2 atom stereocenters. The highest BCUT2D eigenvalue weighted by Crippen LogP contribution is 2.19. The van der Waals surface area contributed by atoms with Gasteiger partial charge in [-0.15, -0.1) is 0 Å². The first-order chi connectivity index (χ1) is 11.1. The molecule has 0 amide bonds. The summed E-state index contributed by atoms with van der Waals surface area (Å²) in [6.45, 7) is 4.09. The Morgan fingerprint density at radius 1 is 1.13 bits per heavy atom. The van der Waals surface area contributed by atoms with E-state index in [2.05, 4.69) is 4.72 Å². The number of esters is 1. The van der Waals surface area contributed by atoms with Crippen molar-refractivity contribution in [2.45, 2.75) is 31.2 Å². The lowest BCUT2D eigenvalue weighted by molar-refractivity contribution is -0.143. The van der Waals surface area contributed by atoms with Gasteiger partial charge in [0.05, 0.1) is 24.0 Å². The van der Waals surface area contributed by atoms with E-state index in [9.17, 15) is 9.00 Å². The maximum atomic E-state index is 12.5. The van der Waals surface area contributed by atoms with Crippen molar-refractivity contribution in [1.82, 2.24) is 4.72 Å². The van der Waals surface area contributed by atoms with Crippen LogP contribution >= 0.6 is 0 Å². The van der Waals surface area contributed by atoms with E-state index in [4.69, 9.17) is 4.74 Å². The number of ether oxygens (including phenoxy) is 1. The zero-order valence-corrected chi connectivity index (χ0v) is 14.1. The van der Waals surface area contributed by atoms with Gasteiger partial charge in [0.1, 0.15) is 11.0 Å². The minimum Gasteiger partial charge on any atom is -0.466 e. The Labute approximate surface area is 139 Å². The second-order valence-corrected chi connectivity index (χ2v) is 6.42. The average molecular weight is 331 g/mol. The molecule has 2 rings (SSSR count). The molecule has 1 unspecified atom stereocenters. The Balaban J connectivity index is 2.15. The second-order valence-electron chi connectivity index (χ2n) is 5.17. The van der Waals surface area contributed by atoms with Crippen molar-refractivity contribution < 1.29 is 13.7 Å². The highest BCUT2D eigenvalue weighted by molar-refractivity contribution is 7.83. The zero-order valence-electron chi connectivity index (χ0n) is 13.3. The molecular weight excluding hydrogens is 310 g/mol. The SMILES string of the molecule is CCOC(=O)C[C@H](NS(=O)c1ccc(C)cc1)c1ccccc1. The van der Waals surface area contributed by atoms with Crippen molar-refractivity contribution in [3.8, 4) is 0 Å². The Morgan fingerprint density at radius 3 is 2.39 bits per heavy atom. The monoisotopic (exact) mass is 331 g/mol. The molecular formula is C18H21NO3S. The van der Waals surface area contributed by atoms with Crippen molar-refractivity contribution in [3.05, 3.63) is 65.7 Å². The van der Waals surface area contributed by atoms with Crippen LogP contribution in [0.15, 0.2) is 59.5 Å². The van der Waals surface area contributed by atoms with Crippen LogP contribution in [0.3, 0.4) is 0 Å². The molecule has 0 radical (unpaired) electrons. The van der Waals surface area contributed by atoms with E-state index in [1.807, 2.05) is 61.5 Å². The molecule has 1 N–H and O–H groups in total. The van der Waals surface area contributed by atoms with E-state index in [0.29, 0.717) is 11.5 Å².